The molecule has 1 atom stereocenters. The third kappa shape index (κ3) is 3.76. The van der Waals surface area contributed by atoms with Crippen molar-refractivity contribution in [2.75, 3.05) is 5.73 Å². The van der Waals surface area contributed by atoms with Crippen LogP contribution >= 0.6 is 0 Å². The second-order valence-electron chi connectivity index (χ2n) is 6.99. The third-order valence-electron chi connectivity index (χ3n) is 4.62. The van der Waals surface area contributed by atoms with Gasteiger partial charge >= 0.3 is 0 Å². The van der Waals surface area contributed by atoms with Crippen LogP contribution in [0.25, 0.3) is 11.3 Å². The highest BCUT2D eigenvalue weighted by Gasteiger charge is 2.20. The van der Waals surface area contributed by atoms with E-state index in [1.165, 1.54) is 11.0 Å². The molecule has 0 saturated heterocycles. The number of nitrogens with zero attached hydrogens (tertiary/aromatic N) is 5. The molecule has 0 fully saturated rings. The lowest BCUT2D eigenvalue weighted by Crippen LogP contribution is -2.26. The van der Waals surface area contributed by atoms with Crippen LogP contribution in [0.3, 0.4) is 0 Å². The van der Waals surface area contributed by atoms with Gasteiger partial charge in [-0.1, -0.05) is 37.3 Å². The molecule has 2 aromatic heterocycles. The molecule has 1 aromatic carbocycles. The molecule has 0 bridgehead atoms. The van der Waals surface area contributed by atoms with E-state index in [4.69, 9.17) is 5.73 Å². The Bertz CT molecular complexity index is 1080. The number of benzene rings is 1. The molecule has 28 heavy (non-hydrogen) atoms. The molecule has 3 aromatic rings. The van der Waals surface area contributed by atoms with Gasteiger partial charge in [0.25, 0.3) is 5.56 Å². The molecule has 7 heteroatoms. The summed E-state index contributed by atoms with van der Waals surface area (Å²) >= 11 is 0. The molecule has 2 N–H and O–H groups in total. The minimum Gasteiger partial charge on any atom is -0.382 e. The average molecular weight is 374 g/mol. The van der Waals surface area contributed by atoms with E-state index in [2.05, 4.69) is 21.1 Å². The number of rotatable bonds is 5. The lowest BCUT2D eigenvalue weighted by atomic mass is 9.91. The maximum absolute atomic E-state index is 12.6. The van der Waals surface area contributed by atoms with Crippen LogP contribution in [-0.2, 0) is 6.42 Å². The van der Waals surface area contributed by atoms with Crippen molar-refractivity contribution in [3.05, 3.63) is 69.9 Å². The van der Waals surface area contributed by atoms with Gasteiger partial charge in [-0.2, -0.15) is 10.4 Å². The number of nitrogen functional groups attached to an aromatic ring is 1. The van der Waals surface area contributed by atoms with Crippen molar-refractivity contribution in [2.45, 2.75) is 39.2 Å². The number of anilines is 1. The van der Waals surface area contributed by atoms with E-state index in [-0.39, 0.29) is 28.9 Å². The Morgan fingerprint density at radius 3 is 2.54 bits per heavy atom. The Labute approximate surface area is 163 Å². The van der Waals surface area contributed by atoms with Crippen LogP contribution in [0.5, 0.6) is 0 Å². The normalized spacial score (nSPS) is 12.0. The van der Waals surface area contributed by atoms with E-state index in [1.807, 2.05) is 51.1 Å². The topological polar surface area (TPSA) is 110 Å². The zero-order valence-electron chi connectivity index (χ0n) is 16.1. The molecule has 3 rings (SSSR count). The van der Waals surface area contributed by atoms with E-state index >= 15 is 0 Å². The van der Waals surface area contributed by atoms with E-state index in [0.717, 1.165) is 16.8 Å². The summed E-state index contributed by atoms with van der Waals surface area (Å²) in [5.74, 6) is 0.0648. The van der Waals surface area contributed by atoms with Gasteiger partial charge in [-0.05, 0) is 31.7 Å². The summed E-state index contributed by atoms with van der Waals surface area (Å²) in [4.78, 5) is 20.7. The molecule has 7 nitrogen and oxygen atoms in total. The molecule has 0 aliphatic carbocycles. The third-order valence-corrected chi connectivity index (χ3v) is 4.62. The average Bonchev–Trinajstić information content (AvgIpc) is 2.68. The first kappa shape index (κ1) is 19.2. The molecular formula is C21H22N6O. The Morgan fingerprint density at radius 2 is 1.89 bits per heavy atom. The van der Waals surface area contributed by atoms with Crippen molar-refractivity contribution in [3.8, 4) is 17.3 Å². The minimum atomic E-state index is -0.153. The van der Waals surface area contributed by atoms with Crippen LogP contribution in [-0.4, -0.2) is 19.7 Å². The van der Waals surface area contributed by atoms with Gasteiger partial charge in [0, 0.05) is 11.6 Å². The summed E-state index contributed by atoms with van der Waals surface area (Å²) in [5, 5.41) is 14.0. The number of nitrogens with two attached hydrogens (primary N) is 1. The summed E-state index contributed by atoms with van der Waals surface area (Å²) in [6.45, 7) is 5.84. The highest BCUT2D eigenvalue weighted by Crippen LogP contribution is 2.29. The van der Waals surface area contributed by atoms with Gasteiger partial charge in [-0.25, -0.2) is 14.6 Å². The SMILES string of the molecule is CC(Cc1ncnc(N)c1C#N)c1cc(=O)n(C(C)C)nc1-c1ccccc1. The van der Waals surface area contributed by atoms with Gasteiger partial charge in [0.1, 0.15) is 23.8 Å². The molecule has 2 heterocycles. The monoisotopic (exact) mass is 374 g/mol. The van der Waals surface area contributed by atoms with E-state index in [9.17, 15) is 10.1 Å². The molecule has 0 saturated carbocycles. The lowest BCUT2D eigenvalue weighted by Gasteiger charge is -2.19. The fourth-order valence-corrected chi connectivity index (χ4v) is 3.16. The van der Waals surface area contributed by atoms with Crippen molar-refractivity contribution in [1.82, 2.24) is 19.7 Å². The van der Waals surface area contributed by atoms with Crippen LogP contribution in [0.4, 0.5) is 5.82 Å². The van der Waals surface area contributed by atoms with Gasteiger partial charge in [-0.15, -0.1) is 0 Å². The molecule has 1 unspecified atom stereocenters. The first-order chi connectivity index (χ1) is 13.4. The van der Waals surface area contributed by atoms with Gasteiger partial charge in [0.15, 0.2) is 0 Å². The fraction of sp³-hybridized carbons (Fsp3) is 0.286. The summed E-state index contributed by atoms with van der Waals surface area (Å²) < 4.78 is 1.49. The Kier molecular flexibility index (Phi) is 5.50. The van der Waals surface area contributed by atoms with E-state index in [0.29, 0.717) is 12.1 Å². The Morgan fingerprint density at radius 1 is 1.18 bits per heavy atom. The van der Waals surface area contributed by atoms with Crippen LogP contribution < -0.4 is 11.3 Å². The Balaban J connectivity index is 2.11. The fourth-order valence-electron chi connectivity index (χ4n) is 3.16. The minimum absolute atomic E-state index is 0.0498. The zero-order valence-corrected chi connectivity index (χ0v) is 16.1. The maximum Gasteiger partial charge on any atom is 0.267 e. The summed E-state index contributed by atoms with van der Waals surface area (Å²) in [7, 11) is 0. The predicted molar refractivity (Wildman–Crippen MR) is 108 cm³/mol. The molecule has 142 valence electrons. The van der Waals surface area contributed by atoms with Gasteiger partial charge in [0.2, 0.25) is 0 Å². The highest BCUT2D eigenvalue weighted by atomic mass is 16.1. The number of aromatic nitrogens is 4. The van der Waals surface area contributed by atoms with E-state index in [1.54, 1.807) is 6.07 Å². The standard InChI is InChI=1S/C21H22N6O/c1-13(2)27-19(28)10-16(20(26-27)15-7-5-4-6-8-15)14(3)9-18-17(11-22)21(23)25-12-24-18/h4-8,10,12-14H,9H2,1-3H3,(H2,23,24,25). The molecule has 0 aliphatic rings. The highest BCUT2D eigenvalue weighted by molar-refractivity contribution is 5.63. The maximum atomic E-state index is 12.6. The first-order valence-electron chi connectivity index (χ1n) is 9.11. The van der Waals surface area contributed by atoms with Crippen molar-refractivity contribution < 1.29 is 0 Å². The van der Waals surface area contributed by atoms with Crippen LogP contribution in [0.15, 0.2) is 47.5 Å². The molecule has 0 aliphatic heterocycles. The van der Waals surface area contributed by atoms with Crippen molar-refractivity contribution in [1.29, 1.82) is 5.26 Å². The van der Waals surface area contributed by atoms with Gasteiger partial charge < -0.3 is 5.73 Å². The second kappa shape index (κ2) is 8.01. The summed E-state index contributed by atoms with van der Waals surface area (Å²) in [5.41, 5.74) is 8.99. The lowest BCUT2D eigenvalue weighted by molar-refractivity contribution is 0.501. The predicted octanol–water partition coefficient (Wildman–Crippen LogP) is 3.08. The van der Waals surface area contributed by atoms with Gasteiger partial charge in [0.05, 0.1) is 17.4 Å². The molecular weight excluding hydrogens is 352 g/mol. The van der Waals surface area contributed by atoms with Gasteiger partial charge in [-0.3, -0.25) is 4.79 Å². The number of hydrogen-bond donors (Lipinski definition) is 1. The first-order valence-corrected chi connectivity index (χ1v) is 9.11. The molecule has 0 amide bonds. The second-order valence-corrected chi connectivity index (χ2v) is 6.99. The zero-order chi connectivity index (χ0) is 20.3. The smallest absolute Gasteiger partial charge is 0.267 e. The Hall–Kier alpha value is -3.53. The van der Waals surface area contributed by atoms with Crippen molar-refractivity contribution in [3.63, 3.8) is 0 Å². The number of hydrogen-bond acceptors (Lipinski definition) is 6. The molecule has 0 spiro atoms. The quantitative estimate of drug-likeness (QED) is 0.735. The van der Waals surface area contributed by atoms with Crippen LogP contribution in [0.2, 0.25) is 0 Å². The number of nitriles is 1. The van der Waals surface area contributed by atoms with Crippen molar-refractivity contribution >= 4 is 5.82 Å². The summed E-state index contributed by atoms with van der Waals surface area (Å²) in [6.07, 6.45) is 1.80. The van der Waals surface area contributed by atoms with E-state index < -0.39 is 0 Å². The van der Waals surface area contributed by atoms with Crippen LogP contribution in [0.1, 0.15) is 49.6 Å². The van der Waals surface area contributed by atoms with Crippen molar-refractivity contribution in [2.24, 2.45) is 0 Å². The van der Waals surface area contributed by atoms with Crippen LogP contribution in [0, 0.1) is 11.3 Å². The summed E-state index contributed by atoms with van der Waals surface area (Å²) in [6, 6.07) is 13.4. The largest absolute Gasteiger partial charge is 0.382 e. The molecule has 0 radical (unpaired) electrons.